The van der Waals surface area contributed by atoms with Crippen molar-refractivity contribution in [1.82, 2.24) is 15.5 Å². The van der Waals surface area contributed by atoms with E-state index in [1.54, 1.807) is 12.1 Å². The van der Waals surface area contributed by atoms with E-state index in [1.807, 2.05) is 66.7 Å². The Hall–Kier alpha value is -5.14. The van der Waals surface area contributed by atoms with Crippen LogP contribution in [-0.2, 0) is 32.2 Å². The fraction of sp³-hybridized carbons (Fsp3) is 0.395. The summed E-state index contributed by atoms with van der Waals surface area (Å²) in [6.45, 7) is 6.59. The van der Waals surface area contributed by atoms with E-state index in [-0.39, 0.29) is 41.2 Å². The lowest BCUT2D eigenvalue weighted by Crippen LogP contribution is -2.49. The highest BCUT2D eigenvalue weighted by Gasteiger charge is 2.34. The number of anilines is 1. The number of unbranched alkanes of at least 4 members (excludes halogenated alkanes) is 2. The molecule has 6 rings (SSSR count). The summed E-state index contributed by atoms with van der Waals surface area (Å²) in [4.78, 5) is 39.0. The van der Waals surface area contributed by atoms with Gasteiger partial charge in [-0.15, -0.1) is 0 Å². The molecule has 2 amide bonds. The van der Waals surface area contributed by atoms with E-state index in [4.69, 9.17) is 9.47 Å². The second-order valence-corrected chi connectivity index (χ2v) is 14.3. The van der Waals surface area contributed by atoms with Crippen LogP contribution in [0.2, 0.25) is 0 Å². The molecule has 3 unspecified atom stereocenters. The first-order chi connectivity index (χ1) is 26.7. The van der Waals surface area contributed by atoms with Gasteiger partial charge in [0, 0.05) is 89.0 Å². The van der Waals surface area contributed by atoms with Crippen molar-refractivity contribution < 1.29 is 29.1 Å². The molecule has 2 heterocycles. The predicted molar refractivity (Wildman–Crippen MR) is 211 cm³/mol. The first kappa shape index (κ1) is 39.6. The number of nitrogens with zero attached hydrogens (tertiary/aromatic N) is 3. The molecule has 12 nitrogen and oxygen atoms in total. The average Bonchev–Trinajstić information content (AvgIpc) is 3.21. The molecule has 4 aromatic carbocycles. The zero-order chi connectivity index (χ0) is 38.6. The number of nitrogens with one attached hydrogen (secondary N) is 2. The lowest BCUT2D eigenvalue weighted by Gasteiger charge is -2.41. The lowest BCUT2D eigenvalue weighted by molar-refractivity contribution is -0.384. The summed E-state index contributed by atoms with van der Waals surface area (Å²) in [6.07, 6.45) is 2.78. The summed E-state index contributed by atoms with van der Waals surface area (Å²) in [5.41, 5.74) is 6.98. The Kier molecular flexibility index (Phi) is 14.0. The van der Waals surface area contributed by atoms with Crippen LogP contribution in [0.3, 0.4) is 0 Å². The molecule has 0 aromatic heterocycles. The van der Waals surface area contributed by atoms with Gasteiger partial charge in [-0.05, 0) is 52.8 Å². The van der Waals surface area contributed by atoms with Crippen LogP contribution in [0.1, 0.15) is 73.7 Å². The number of hydrogen-bond donors (Lipinski definition) is 3. The zero-order valence-electron chi connectivity index (χ0n) is 31.4. The molecule has 2 saturated heterocycles. The van der Waals surface area contributed by atoms with E-state index in [0.29, 0.717) is 25.9 Å². The zero-order valence-corrected chi connectivity index (χ0v) is 31.4. The fourth-order valence-corrected chi connectivity index (χ4v) is 7.20. The highest BCUT2D eigenvalue weighted by molar-refractivity contribution is 5.76. The molecule has 12 heteroatoms. The minimum atomic E-state index is -0.579. The van der Waals surface area contributed by atoms with Gasteiger partial charge in [0.1, 0.15) is 0 Å². The van der Waals surface area contributed by atoms with E-state index in [9.17, 15) is 24.8 Å². The summed E-state index contributed by atoms with van der Waals surface area (Å²) in [6, 6.07) is 31.0. The second-order valence-electron chi connectivity index (χ2n) is 14.3. The van der Waals surface area contributed by atoms with E-state index in [0.717, 1.165) is 91.1 Å². The molecule has 3 atom stereocenters. The molecule has 290 valence electrons. The number of piperazine rings is 1. The third-order valence-corrected chi connectivity index (χ3v) is 10.3. The van der Waals surface area contributed by atoms with Crippen molar-refractivity contribution in [2.75, 3.05) is 44.2 Å². The van der Waals surface area contributed by atoms with Crippen molar-refractivity contribution in [2.24, 2.45) is 0 Å². The molecular formula is C43H51N5O7. The maximum atomic E-state index is 12.6. The molecule has 2 aliphatic heterocycles. The van der Waals surface area contributed by atoms with Gasteiger partial charge < -0.3 is 30.1 Å². The third-order valence-electron chi connectivity index (χ3n) is 10.3. The maximum Gasteiger partial charge on any atom is 0.269 e. The van der Waals surface area contributed by atoms with Gasteiger partial charge in [0.25, 0.3) is 5.69 Å². The monoisotopic (exact) mass is 749 g/mol. The van der Waals surface area contributed by atoms with E-state index in [2.05, 4.69) is 38.6 Å². The Bertz CT molecular complexity index is 1860. The first-order valence-corrected chi connectivity index (χ1v) is 19.2. The SMILES string of the molecule is CC(=O)NCCCCCC(=O)NCc1ccccc1-c1ccc(C2OC(CN3CCN(c4ccc([N+](=O)[O-])cc4)CC3)CC(c3ccc(CO)cc3)O2)cc1. The molecule has 3 N–H and O–H groups in total. The largest absolute Gasteiger partial charge is 0.392 e. The first-order valence-electron chi connectivity index (χ1n) is 19.2. The third kappa shape index (κ3) is 11.2. The Labute approximate surface area is 322 Å². The summed E-state index contributed by atoms with van der Waals surface area (Å²) in [5, 5.41) is 26.6. The van der Waals surface area contributed by atoms with Crippen LogP contribution >= 0.6 is 0 Å². The van der Waals surface area contributed by atoms with Crippen molar-refractivity contribution in [3.8, 4) is 11.1 Å². The van der Waals surface area contributed by atoms with Crippen LogP contribution in [0, 0.1) is 10.1 Å². The molecule has 2 fully saturated rings. The lowest BCUT2D eigenvalue weighted by atomic mass is 9.97. The minimum absolute atomic E-state index is 0.0118. The number of rotatable bonds is 16. The van der Waals surface area contributed by atoms with E-state index < -0.39 is 6.29 Å². The second kappa shape index (κ2) is 19.4. The van der Waals surface area contributed by atoms with Crippen LogP contribution in [0.5, 0.6) is 0 Å². The predicted octanol–water partition coefficient (Wildman–Crippen LogP) is 6.43. The van der Waals surface area contributed by atoms with Crippen LogP contribution in [0.25, 0.3) is 11.1 Å². The molecular weight excluding hydrogens is 699 g/mol. The van der Waals surface area contributed by atoms with Gasteiger partial charge in [0.15, 0.2) is 6.29 Å². The number of non-ortho nitro benzene ring substituents is 1. The molecule has 0 aliphatic carbocycles. The number of aliphatic hydroxyl groups excluding tert-OH is 1. The number of nitro groups is 1. The average molecular weight is 750 g/mol. The van der Waals surface area contributed by atoms with Gasteiger partial charge in [-0.1, -0.05) is 79.2 Å². The molecule has 0 radical (unpaired) electrons. The van der Waals surface area contributed by atoms with Gasteiger partial charge in [-0.25, -0.2) is 0 Å². The Morgan fingerprint density at radius 1 is 0.836 bits per heavy atom. The standard InChI is InChI=1S/C43H51N5O7/c1-31(50)44-22-6-2-3-9-42(51)45-28-36-7-4-5-8-40(36)33-14-16-35(17-15-33)43-54-39(27-41(55-43)34-12-10-32(30-49)11-13-34)29-46-23-25-47(26-24-46)37-18-20-38(21-19-37)48(52)53/h4-5,7-8,10-21,39,41,43,49H,2-3,6,9,22-30H2,1H3,(H,44,50)(H,45,51). The summed E-state index contributed by atoms with van der Waals surface area (Å²) < 4.78 is 13.3. The highest BCUT2D eigenvalue weighted by atomic mass is 16.7. The van der Waals surface area contributed by atoms with Crippen molar-refractivity contribution in [2.45, 2.75) is 70.7 Å². The molecule has 2 aliphatic rings. The number of aliphatic hydroxyl groups is 1. The number of benzene rings is 4. The molecule has 0 spiro atoms. The van der Waals surface area contributed by atoms with Crippen molar-refractivity contribution >= 4 is 23.2 Å². The number of amides is 2. The van der Waals surface area contributed by atoms with Gasteiger partial charge in [0.05, 0.1) is 23.7 Å². The van der Waals surface area contributed by atoms with Crippen molar-refractivity contribution in [1.29, 1.82) is 0 Å². The summed E-state index contributed by atoms with van der Waals surface area (Å²) in [5.74, 6) is -0.0229. The maximum absolute atomic E-state index is 12.6. The van der Waals surface area contributed by atoms with Gasteiger partial charge in [-0.2, -0.15) is 0 Å². The Balaban J connectivity index is 1.08. The number of carbonyl (C=O) groups is 2. The molecule has 0 bridgehead atoms. The van der Waals surface area contributed by atoms with E-state index >= 15 is 0 Å². The molecule has 55 heavy (non-hydrogen) atoms. The topological polar surface area (TPSA) is 147 Å². The smallest absolute Gasteiger partial charge is 0.269 e. The number of nitro benzene ring substituents is 1. The van der Waals surface area contributed by atoms with Gasteiger partial charge >= 0.3 is 0 Å². The van der Waals surface area contributed by atoms with E-state index in [1.165, 1.54) is 6.92 Å². The van der Waals surface area contributed by atoms with Crippen LogP contribution < -0.4 is 15.5 Å². The summed E-state index contributed by atoms with van der Waals surface area (Å²) >= 11 is 0. The summed E-state index contributed by atoms with van der Waals surface area (Å²) in [7, 11) is 0. The number of hydrogen-bond acceptors (Lipinski definition) is 9. The quantitative estimate of drug-likeness (QED) is 0.0670. The van der Waals surface area contributed by atoms with Crippen LogP contribution in [-0.4, -0.2) is 72.1 Å². The minimum Gasteiger partial charge on any atom is -0.392 e. The Morgan fingerprint density at radius 3 is 2.24 bits per heavy atom. The number of carbonyl (C=O) groups excluding carboxylic acids is 2. The van der Waals surface area contributed by atoms with Crippen molar-refractivity contribution in [3.05, 3.63) is 129 Å². The van der Waals surface area contributed by atoms with Gasteiger partial charge in [-0.3, -0.25) is 24.6 Å². The fourth-order valence-electron chi connectivity index (χ4n) is 7.20. The van der Waals surface area contributed by atoms with Crippen molar-refractivity contribution in [3.63, 3.8) is 0 Å². The van der Waals surface area contributed by atoms with Crippen LogP contribution in [0.4, 0.5) is 11.4 Å². The highest BCUT2D eigenvalue weighted by Crippen LogP contribution is 2.39. The molecule has 4 aromatic rings. The number of ether oxygens (including phenoxy) is 2. The normalized spacial score (nSPS) is 18.8. The molecule has 0 saturated carbocycles. The van der Waals surface area contributed by atoms with Crippen LogP contribution in [0.15, 0.2) is 97.1 Å². The Morgan fingerprint density at radius 2 is 1.55 bits per heavy atom. The van der Waals surface area contributed by atoms with Gasteiger partial charge in [0.2, 0.25) is 11.8 Å².